The van der Waals surface area contributed by atoms with E-state index >= 15 is 0 Å². The SMILES string of the molecule is N[C@@H](Cc1ccc(O)cc1)C(=O)NC1CCCCC1. The summed E-state index contributed by atoms with van der Waals surface area (Å²) < 4.78 is 0. The van der Waals surface area contributed by atoms with Gasteiger partial charge in [0.15, 0.2) is 0 Å². The molecule has 4 N–H and O–H groups in total. The Morgan fingerprint density at radius 3 is 2.53 bits per heavy atom. The van der Waals surface area contributed by atoms with Gasteiger partial charge in [-0.05, 0) is 37.0 Å². The minimum atomic E-state index is -0.522. The van der Waals surface area contributed by atoms with Crippen LogP contribution in [0, 0.1) is 0 Å². The first-order valence-corrected chi connectivity index (χ1v) is 6.99. The molecule has 0 heterocycles. The molecule has 0 unspecified atom stereocenters. The van der Waals surface area contributed by atoms with Crippen LogP contribution in [0.1, 0.15) is 37.7 Å². The number of carbonyl (C=O) groups excluding carboxylic acids is 1. The highest BCUT2D eigenvalue weighted by Gasteiger charge is 2.20. The number of nitrogens with two attached hydrogens (primary N) is 1. The molecule has 104 valence electrons. The molecule has 19 heavy (non-hydrogen) atoms. The maximum Gasteiger partial charge on any atom is 0.237 e. The summed E-state index contributed by atoms with van der Waals surface area (Å²) in [6, 6.07) is 6.59. The molecule has 0 radical (unpaired) electrons. The van der Waals surface area contributed by atoms with Crippen LogP contribution >= 0.6 is 0 Å². The summed E-state index contributed by atoms with van der Waals surface area (Å²) in [4.78, 5) is 12.0. The Bertz CT molecular complexity index is 411. The van der Waals surface area contributed by atoms with Crippen LogP contribution in [0.2, 0.25) is 0 Å². The van der Waals surface area contributed by atoms with Crippen LogP contribution in [0.15, 0.2) is 24.3 Å². The number of hydrogen-bond donors (Lipinski definition) is 3. The molecule has 0 spiro atoms. The summed E-state index contributed by atoms with van der Waals surface area (Å²) in [6.07, 6.45) is 6.29. The molecule has 0 saturated heterocycles. The van der Waals surface area contributed by atoms with Crippen LogP contribution in [-0.4, -0.2) is 23.1 Å². The van der Waals surface area contributed by atoms with Crippen LogP contribution in [0.3, 0.4) is 0 Å². The van der Waals surface area contributed by atoms with E-state index in [1.165, 1.54) is 19.3 Å². The standard InChI is InChI=1S/C15H22N2O2/c16-14(10-11-6-8-13(18)9-7-11)15(19)17-12-4-2-1-3-5-12/h6-9,12,14,18H,1-5,10,16H2,(H,17,19)/t14-/m0/s1. The summed E-state index contributed by atoms with van der Waals surface area (Å²) in [5.74, 6) is 0.156. The van der Waals surface area contributed by atoms with E-state index in [0.717, 1.165) is 18.4 Å². The lowest BCUT2D eigenvalue weighted by atomic mass is 9.95. The Morgan fingerprint density at radius 2 is 1.89 bits per heavy atom. The summed E-state index contributed by atoms with van der Waals surface area (Å²) in [5, 5.41) is 12.2. The molecule has 4 heteroatoms. The molecule has 0 aromatic heterocycles. The van der Waals surface area contributed by atoms with Gasteiger partial charge >= 0.3 is 0 Å². The number of phenols is 1. The van der Waals surface area contributed by atoms with Gasteiger partial charge in [-0.1, -0.05) is 31.4 Å². The molecular formula is C15H22N2O2. The predicted molar refractivity (Wildman–Crippen MR) is 74.8 cm³/mol. The van der Waals surface area contributed by atoms with E-state index in [1.807, 2.05) is 0 Å². The first-order chi connectivity index (χ1) is 9.15. The van der Waals surface area contributed by atoms with E-state index < -0.39 is 6.04 Å². The molecule has 1 aromatic carbocycles. The third-order valence-electron chi connectivity index (χ3n) is 3.68. The van der Waals surface area contributed by atoms with Crippen molar-refractivity contribution >= 4 is 5.91 Å². The average molecular weight is 262 g/mol. The second-order valence-corrected chi connectivity index (χ2v) is 5.32. The fourth-order valence-corrected chi connectivity index (χ4v) is 2.53. The summed E-state index contributed by atoms with van der Waals surface area (Å²) >= 11 is 0. The minimum absolute atomic E-state index is 0.0695. The van der Waals surface area contributed by atoms with Gasteiger partial charge in [0.25, 0.3) is 0 Å². The Balaban J connectivity index is 1.83. The Kier molecular flexibility index (Phi) is 4.80. The van der Waals surface area contributed by atoms with Gasteiger partial charge in [-0.3, -0.25) is 4.79 Å². The van der Waals surface area contributed by atoms with Crippen molar-refractivity contribution in [3.63, 3.8) is 0 Å². The van der Waals surface area contributed by atoms with Crippen LogP contribution in [0.25, 0.3) is 0 Å². The maximum absolute atomic E-state index is 12.0. The average Bonchev–Trinajstić information content (AvgIpc) is 2.42. The zero-order chi connectivity index (χ0) is 13.7. The topological polar surface area (TPSA) is 75.3 Å². The maximum atomic E-state index is 12.0. The number of aromatic hydroxyl groups is 1. The number of carbonyl (C=O) groups is 1. The van der Waals surface area contributed by atoms with Crippen molar-refractivity contribution in [1.29, 1.82) is 0 Å². The highest BCUT2D eigenvalue weighted by molar-refractivity contribution is 5.82. The normalized spacial score (nSPS) is 17.9. The highest BCUT2D eigenvalue weighted by Crippen LogP contribution is 2.17. The van der Waals surface area contributed by atoms with Crippen LogP contribution < -0.4 is 11.1 Å². The fourth-order valence-electron chi connectivity index (χ4n) is 2.53. The van der Waals surface area contributed by atoms with E-state index in [1.54, 1.807) is 24.3 Å². The molecule has 0 aliphatic heterocycles. The lowest BCUT2D eigenvalue weighted by Crippen LogP contribution is -2.46. The van der Waals surface area contributed by atoms with Crippen LogP contribution in [-0.2, 0) is 11.2 Å². The number of hydrogen-bond acceptors (Lipinski definition) is 3. The minimum Gasteiger partial charge on any atom is -0.508 e. The van der Waals surface area contributed by atoms with Gasteiger partial charge in [0.1, 0.15) is 5.75 Å². The third-order valence-corrected chi connectivity index (χ3v) is 3.68. The molecule has 1 aromatic rings. The number of rotatable bonds is 4. The number of nitrogens with one attached hydrogen (secondary N) is 1. The molecule has 4 nitrogen and oxygen atoms in total. The smallest absolute Gasteiger partial charge is 0.237 e. The van der Waals surface area contributed by atoms with E-state index in [4.69, 9.17) is 5.73 Å². The Hall–Kier alpha value is -1.55. The fraction of sp³-hybridized carbons (Fsp3) is 0.533. The lowest BCUT2D eigenvalue weighted by Gasteiger charge is -2.24. The quantitative estimate of drug-likeness (QED) is 0.773. The molecule has 1 atom stereocenters. The molecule has 1 saturated carbocycles. The largest absolute Gasteiger partial charge is 0.508 e. The molecule has 1 aliphatic rings. The van der Waals surface area contributed by atoms with Crippen molar-refractivity contribution in [3.05, 3.63) is 29.8 Å². The first-order valence-electron chi connectivity index (χ1n) is 6.99. The molecule has 1 fully saturated rings. The third kappa shape index (κ3) is 4.24. The molecule has 1 aliphatic carbocycles. The van der Waals surface area contributed by atoms with Crippen LogP contribution in [0.5, 0.6) is 5.75 Å². The molecule has 0 bridgehead atoms. The van der Waals surface area contributed by atoms with Gasteiger partial charge in [-0.15, -0.1) is 0 Å². The zero-order valence-electron chi connectivity index (χ0n) is 11.1. The highest BCUT2D eigenvalue weighted by atomic mass is 16.3. The molecular weight excluding hydrogens is 240 g/mol. The van der Waals surface area contributed by atoms with Gasteiger partial charge in [0, 0.05) is 6.04 Å². The van der Waals surface area contributed by atoms with Crippen molar-refractivity contribution in [2.24, 2.45) is 5.73 Å². The van der Waals surface area contributed by atoms with Crippen LogP contribution in [0.4, 0.5) is 0 Å². The Morgan fingerprint density at radius 1 is 1.26 bits per heavy atom. The predicted octanol–water partition coefficient (Wildman–Crippen LogP) is 1.71. The van der Waals surface area contributed by atoms with E-state index in [0.29, 0.717) is 12.5 Å². The van der Waals surface area contributed by atoms with E-state index in [9.17, 15) is 9.90 Å². The van der Waals surface area contributed by atoms with Crippen molar-refractivity contribution in [3.8, 4) is 5.75 Å². The monoisotopic (exact) mass is 262 g/mol. The number of benzene rings is 1. The molecule has 2 rings (SSSR count). The summed E-state index contributed by atoms with van der Waals surface area (Å²) in [6.45, 7) is 0. The summed E-state index contributed by atoms with van der Waals surface area (Å²) in [7, 11) is 0. The van der Waals surface area contributed by atoms with Gasteiger partial charge < -0.3 is 16.2 Å². The lowest BCUT2D eigenvalue weighted by molar-refractivity contribution is -0.123. The molecule has 1 amide bonds. The number of amides is 1. The Labute approximate surface area is 114 Å². The second-order valence-electron chi connectivity index (χ2n) is 5.32. The zero-order valence-corrected chi connectivity index (χ0v) is 11.1. The van der Waals surface area contributed by atoms with Gasteiger partial charge in [-0.25, -0.2) is 0 Å². The van der Waals surface area contributed by atoms with Crippen molar-refractivity contribution in [2.75, 3.05) is 0 Å². The van der Waals surface area contributed by atoms with E-state index in [2.05, 4.69) is 5.32 Å². The number of phenolic OH excluding ortho intramolecular Hbond substituents is 1. The van der Waals surface area contributed by atoms with Crippen molar-refractivity contribution < 1.29 is 9.90 Å². The van der Waals surface area contributed by atoms with Crippen molar-refractivity contribution in [1.82, 2.24) is 5.32 Å². The van der Waals surface area contributed by atoms with Gasteiger partial charge in [-0.2, -0.15) is 0 Å². The van der Waals surface area contributed by atoms with Gasteiger partial charge in [0.2, 0.25) is 5.91 Å². The van der Waals surface area contributed by atoms with Crippen molar-refractivity contribution in [2.45, 2.75) is 50.6 Å². The first kappa shape index (κ1) is 13.9. The van der Waals surface area contributed by atoms with E-state index in [-0.39, 0.29) is 11.7 Å². The summed E-state index contributed by atoms with van der Waals surface area (Å²) in [5.41, 5.74) is 6.89. The van der Waals surface area contributed by atoms with Gasteiger partial charge in [0.05, 0.1) is 6.04 Å². The second kappa shape index (κ2) is 6.57.